The van der Waals surface area contributed by atoms with E-state index in [1.807, 2.05) is 12.1 Å². The van der Waals surface area contributed by atoms with Crippen LogP contribution in [0.4, 0.5) is 4.79 Å². The molecule has 0 bridgehead atoms. The molecule has 2 aromatic rings. The Morgan fingerprint density at radius 2 is 2.37 bits per heavy atom. The maximum absolute atomic E-state index is 11.9. The monoisotopic (exact) mass is 279 g/mol. The molecule has 0 spiro atoms. The molecule has 0 saturated heterocycles. The molecule has 3 rings (SSSR count). The fraction of sp³-hybridized carbons (Fsp3) is 0.357. The molecule has 1 aliphatic heterocycles. The number of carbonyl (C=O) groups is 1. The number of rotatable bonds is 1. The zero-order valence-electron chi connectivity index (χ0n) is 10.6. The van der Waals surface area contributed by atoms with Gasteiger partial charge in [-0.2, -0.15) is 0 Å². The molecule has 4 nitrogen and oxygen atoms in total. The van der Waals surface area contributed by atoms with Gasteiger partial charge in [0.25, 0.3) is 0 Å². The fourth-order valence-corrected chi connectivity index (χ4v) is 2.76. The lowest BCUT2D eigenvalue weighted by molar-refractivity contribution is 0.105. The zero-order valence-corrected chi connectivity index (χ0v) is 11.4. The molecule has 0 saturated carbocycles. The number of furan rings is 1. The minimum atomic E-state index is -0.291. The molecule has 1 aromatic carbocycles. The number of halogens is 1. The predicted molar refractivity (Wildman–Crippen MR) is 72.4 cm³/mol. The van der Waals surface area contributed by atoms with Gasteiger partial charge < -0.3 is 14.1 Å². The average Bonchev–Trinajstić information content (AvgIpc) is 2.68. The molecule has 0 radical (unpaired) electrons. The molecule has 1 amide bonds. The van der Waals surface area contributed by atoms with Crippen LogP contribution in [0.5, 0.6) is 0 Å². The summed E-state index contributed by atoms with van der Waals surface area (Å²) in [4.78, 5) is 13.6. The summed E-state index contributed by atoms with van der Waals surface area (Å²) in [6.07, 6.45) is 2.12. The summed E-state index contributed by atoms with van der Waals surface area (Å²) in [6, 6.07) is 3.71. The number of amides is 1. The van der Waals surface area contributed by atoms with Crippen LogP contribution in [0.2, 0.25) is 5.02 Å². The van der Waals surface area contributed by atoms with E-state index < -0.39 is 0 Å². The van der Waals surface area contributed by atoms with Crippen molar-refractivity contribution in [2.75, 3.05) is 13.2 Å². The first kappa shape index (κ1) is 12.4. The molecule has 0 N–H and O–H groups in total. The fourth-order valence-electron chi connectivity index (χ4n) is 2.51. The Labute approximate surface area is 115 Å². The molecule has 0 fully saturated rings. The van der Waals surface area contributed by atoms with Crippen molar-refractivity contribution in [2.45, 2.75) is 19.9 Å². The third kappa shape index (κ3) is 2.06. The van der Waals surface area contributed by atoms with Crippen LogP contribution in [0.25, 0.3) is 11.0 Å². The van der Waals surface area contributed by atoms with Gasteiger partial charge in [-0.3, -0.25) is 0 Å². The van der Waals surface area contributed by atoms with E-state index in [0.29, 0.717) is 26.1 Å². The van der Waals surface area contributed by atoms with Crippen molar-refractivity contribution in [3.8, 4) is 0 Å². The van der Waals surface area contributed by atoms with Crippen LogP contribution in [-0.4, -0.2) is 24.1 Å². The molecule has 5 heteroatoms. The summed E-state index contributed by atoms with van der Waals surface area (Å²) < 4.78 is 10.6. The number of ether oxygens (including phenoxy) is 1. The lowest BCUT2D eigenvalue weighted by Crippen LogP contribution is -2.31. The molecule has 1 aliphatic rings. The highest BCUT2D eigenvalue weighted by Crippen LogP contribution is 2.33. The van der Waals surface area contributed by atoms with E-state index in [1.54, 1.807) is 18.1 Å². The second-order valence-electron chi connectivity index (χ2n) is 4.53. The van der Waals surface area contributed by atoms with Gasteiger partial charge in [-0.05, 0) is 31.0 Å². The minimum absolute atomic E-state index is 0.291. The molecule has 1 aromatic heterocycles. The van der Waals surface area contributed by atoms with Gasteiger partial charge in [0.05, 0.1) is 19.4 Å². The van der Waals surface area contributed by atoms with E-state index in [-0.39, 0.29) is 6.09 Å². The van der Waals surface area contributed by atoms with Gasteiger partial charge in [0.1, 0.15) is 5.58 Å². The van der Waals surface area contributed by atoms with Crippen LogP contribution in [0.15, 0.2) is 22.8 Å². The van der Waals surface area contributed by atoms with Gasteiger partial charge in [0, 0.05) is 22.5 Å². The van der Waals surface area contributed by atoms with E-state index in [4.69, 9.17) is 20.8 Å². The van der Waals surface area contributed by atoms with E-state index in [1.165, 1.54) is 0 Å². The Bertz CT molecular complexity index is 635. The molecule has 100 valence electrons. The number of hydrogen-bond donors (Lipinski definition) is 0. The molecular formula is C14H14ClNO3. The van der Waals surface area contributed by atoms with E-state index in [2.05, 4.69) is 0 Å². The maximum Gasteiger partial charge on any atom is 0.410 e. The maximum atomic E-state index is 11.9. The Balaban J connectivity index is 2.02. The van der Waals surface area contributed by atoms with Crippen LogP contribution in [0, 0.1) is 0 Å². The first-order valence-electron chi connectivity index (χ1n) is 6.30. The number of carbonyl (C=O) groups excluding carboxylic acids is 1. The highest BCUT2D eigenvalue weighted by atomic mass is 35.5. The summed E-state index contributed by atoms with van der Waals surface area (Å²) in [5.74, 6) is 0. The third-order valence-corrected chi connectivity index (χ3v) is 3.74. The Morgan fingerprint density at radius 3 is 3.16 bits per heavy atom. The molecule has 0 atom stereocenters. The van der Waals surface area contributed by atoms with E-state index in [9.17, 15) is 4.79 Å². The Morgan fingerprint density at radius 1 is 1.53 bits per heavy atom. The second kappa shape index (κ2) is 4.78. The van der Waals surface area contributed by atoms with Gasteiger partial charge in [-0.25, -0.2) is 4.79 Å². The second-order valence-corrected chi connectivity index (χ2v) is 4.94. The normalized spacial score (nSPS) is 14.5. The summed E-state index contributed by atoms with van der Waals surface area (Å²) in [7, 11) is 0. The summed E-state index contributed by atoms with van der Waals surface area (Å²) in [5, 5.41) is 1.76. The molecule has 0 aliphatic carbocycles. The highest BCUT2D eigenvalue weighted by molar-refractivity contribution is 6.32. The quantitative estimate of drug-likeness (QED) is 0.801. The lowest BCUT2D eigenvalue weighted by atomic mass is 10.1. The van der Waals surface area contributed by atoms with Crippen molar-refractivity contribution in [3.63, 3.8) is 0 Å². The number of benzene rings is 1. The first-order chi connectivity index (χ1) is 9.20. The highest BCUT2D eigenvalue weighted by Gasteiger charge is 2.24. The van der Waals surface area contributed by atoms with E-state index in [0.717, 1.165) is 27.1 Å². The topological polar surface area (TPSA) is 42.7 Å². The molecule has 2 heterocycles. The van der Waals surface area contributed by atoms with E-state index >= 15 is 0 Å². The Hall–Kier alpha value is -1.68. The van der Waals surface area contributed by atoms with Crippen molar-refractivity contribution in [2.24, 2.45) is 0 Å². The Kier molecular flexibility index (Phi) is 3.11. The SMILES string of the molecule is CCOC(=O)N1CCc2c(Cl)ccc3occ(c23)C1. The van der Waals surface area contributed by atoms with Crippen molar-refractivity contribution < 1.29 is 13.9 Å². The minimum Gasteiger partial charge on any atom is -0.464 e. The summed E-state index contributed by atoms with van der Waals surface area (Å²) in [5.41, 5.74) is 2.85. The number of nitrogens with zero attached hydrogens (tertiary/aromatic N) is 1. The smallest absolute Gasteiger partial charge is 0.410 e. The summed E-state index contributed by atoms with van der Waals surface area (Å²) >= 11 is 6.25. The van der Waals surface area contributed by atoms with Crippen LogP contribution in [0.3, 0.4) is 0 Å². The first-order valence-corrected chi connectivity index (χ1v) is 6.67. The lowest BCUT2D eigenvalue weighted by Gasteiger charge is -2.19. The van der Waals surface area contributed by atoms with Crippen LogP contribution >= 0.6 is 11.6 Å². The van der Waals surface area contributed by atoms with Gasteiger partial charge in [-0.15, -0.1) is 0 Å². The molecule has 19 heavy (non-hydrogen) atoms. The van der Waals surface area contributed by atoms with Crippen LogP contribution in [-0.2, 0) is 17.7 Å². The standard InChI is InChI=1S/C14H14ClNO3/c1-2-18-14(17)16-6-5-10-11(15)3-4-12-13(10)9(7-16)8-19-12/h3-4,8H,2,5-7H2,1H3. The zero-order chi connectivity index (χ0) is 13.4. The largest absolute Gasteiger partial charge is 0.464 e. The average molecular weight is 280 g/mol. The van der Waals surface area contributed by atoms with Crippen molar-refractivity contribution in [1.29, 1.82) is 0 Å². The van der Waals surface area contributed by atoms with Crippen LogP contribution in [0.1, 0.15) is 18.1 Å². The summed E-state index contributed by atoms with van der Waals surface area (Å²) in [6.45, 7) is 3.28. The number of hydrogen-bond acceptors (Lipinski definition) is 3. The van der Waals surface area contributed by atoms with Gasteiger partial charge in [0.2, 0.25) is 0 Å². The van der Waals surface area contributed by atoms with Crippen molar-refractivity contribution >= 4 is 28.7 Å². The molecule has 0 unspecified atom stereocenters. The predicted octanol–water partition coefficient (Wildman–Crippen LogP) is 3.60. The van der Waals surface area contributed by atoms with Crippen molar-refractivity contribution in [3.05, 3.63) is 34.5 Å². The van der Waals surface area contributed by atoms with Gasteiger partial charge >= 0.3 is 6.09 Å². The molecular weight excluding hydrogens is 266 g/mol. The van der Waals surface area contributed by atoms with Crippen LogP contribution < -0.4 is 0 Å². The van der Waals surface area contributed by atoms with Crippen molar-refractivity contribution in [1.82, 2.24) is 4.90 Å². The van der Waals surface area contributed by atoms with Gasteiger partial charge in [0.15, 0.2) is 0 Å². The third-order valence-electron chi connectivity index (χ3n) is 3.39. The van der Waals surface area contributed by atoms with Gasteiger partial charge in [-0.1, -0.05) is 11.6 Å².